The molecule has 0 saturated heterocycles. The lowest BCUT2D eigenvalue weighted by molar-refractivity contribution is 0.0527. The van der Waals surface area contributed by atoms with Crippen LogP contribution in [0.3, 0.4) is 0 Å². The van der Waals surface area contributed by atoms with Gasteiger partial charge in [-0.05, 0) is 63.2 Å². The average Bonchev–Trinajstić information content (AvgIpc) is 3.10. The first-order valence-electron chi connectivity index (χ1n) is 9.08. The number of thiophene rings is 1. The number of thiocarbonyl (C=S) groups is 1. The molecule has 0 spiro atoms. The first kappa shape index (κ1) is 17.7. The Hall–Kier alpha value is -1.14. The molecule has 0 amide bonds. The van der Waals surface area contributed by atoms with Crippen molar-refractivity contribution in [3.8, 4) is 0 Å². The van der Waals surface area contributed by atoms with Crippen LogP contribution < -0.4 is 10.6 Å². The minimum Gasteiger partial charge on any atom is -0.462 e. The van der Waals surface area contributed by atoms with Gasteiger partial charge in [0.05, 0.1) is 12.2 Å². The number of ether oxygens (including phenoxy) is 1. The molecule has 24 heavy (non-hydrogen) atoms. The average molecular weight is 367 g/mol. The van der Waals surface area contributed by atoms with Crippen LogP contribution in [0.1, 0.15) is 72.7 Å². The first-order chi connectivity index (χ1) is 11.7. The van der Waals surface area contributed by atoms with Gasteiger partial charge in [0.1, 0.15) is 5.00 Å². The van der Waals surface area contributed by atoms with Crippen molar-refractivity contribution in [2.45, 2.75) is 70.8 Å². The second-order valence-corrected chi connectivity index (χ2v) is 8.08. The smallest absolute Gasteiger partial charge is 0.341 e. The van der Waals surface area contributed by atoms with E-state index in [2.05, 4.69) is 10.6 Å². The van der Waals surface area contributed by atoms with Gasteiger partial charge in [-0.3, -0.25) is 0 Å². The molecular weight excluding hydrogens is 340 g/mol. The summed E-state index contributed by atoms with van der Waals surface area (Å²) in [6.45, 7) is 2.25. The lowest BCUT2D eigenvalue weighted by Crippen LogP contribution is -2.36. The number of hydrogen-bond donors (Lipinski definition) is 2. The van der Waals surface area contributed by atoms with E-state index in [1.165, 1.54) is 49.0 Å². The number of nitrogens with one attached hydrogen (secondary N) is 2. The highest BCUT2D eigenvalue weighted by Crippen LogP contribution is 2.38. The van der Waals surface area contributed by atoms with E-state index in [1.54, 1.807) is 11.3 Å². The number of anilines is 1. The van der Waals surface area contributed by atoms with E-state index in [-0.39, 0.29) is 5.97 Å². The van der Waals surface area contributed by atoms with E-state index in [0.29, 0.717) is 23.3 Å². The highest BCUT2D eigenvalue weighted by Gasteiger charge is 2.26. The molecular formula is C18H26N2O2S2. The number of fused-ring (bicyclic) bond motifs is 1. The van der Waals surface area contributed by atoms with Crippen molar-refractivity contribution in [2.24, 2.45) is 0 Å². The number of hydrogen-bond acceptors (Lipinski definition) is 4. The summed E-state index contributed by atoms with van der Waals surface area (Å²) in [6, 6.07) is 0.467. The highest BCUT2D eigenvalue weighted by atomic mass is 32.1. The Morgan fingerprint density at radius 1 is 1.21 bits per heavy atom. The standard InChI is InChI=1S/C18H26N2O2S2/c1-2-22-17(21)15-13-10-4-3-5-11-14(13)24-16(15)20-18(23)19-12-8-6-7-9-12/h12H,2-11H2,1H3,(H2,19,20,23). The normalized spacial score (nSPS) is 17.9. The molecule has 1 saturated carbocycles. The zero-order valence-electron chi connectivity index (χ0n) is 14.3. The maximum atomic E-state index is 12.5. The maximum Gasteiger partial charge on any atom is 0.341 e. The number of carbonyl (C=O) groups is 1. The van der Waals surface area contributed by atoms with E-state index in [4.69, 9.17) is 17.0 Å². The van der Waals surface area contributed by atoms with Gasteiger partial charge in [0.25, 0.3) is 0 Å². The monoisotopic (exact) mass is 366 g/mol. The van der Waals surface area contributed by atoms with Gasteiger partial charge in [0, 0.05) is 10.9 Å². The van der Waals surface area contributed by atoms with Crippen molar-refractivity contribution in [2.75, 3.05) is 11.9 Å². The van der Waals surface area contributed by atoms with Gasteiger partial charge in [-0.15, -0.1) is 11.3 Å². The summed E-state index contributed by atoms with van der Waals surface area (Å²) >= 11 is 7.16. The number of carbonyl (C=O) groups excluding carboxylic acids is 1. The van der Waals surface area contributed by atoms with Gasteiger partial charge in [-0.1, -0.05) is 19.3 Å². The zero-order valence-corrected chi connectivity index (χ0v) is 15.9. The van der Waals surface area contributed by atoms with Gasteiger partial charge < -0.3 is 15.4 Å². The molecule has 132 valence electrons. The van der Waals surface area contributed by atoms with Gasteiger partial charge in [0.15, 0.2) is 5.11 Å². The number of esters is 1. The quantitative estimate of drug-likeness (QED) is 0.469. The van der Waals surface area contributed by atoms with Crippen LogP contribution in [-0.4, -0.2) is 23.7 Å². The van der Waals surface area contributed by atoms with Gasteiger partial charge in [0.2, 0.25) is 0 Å². The molecule has 3 rings (SSSR count). The SMILES string of the molecule is CCOC(=O)c1c(NC(=S)NC2CCCC2)sc2c1CCCCC2. The van der Waals surface area contributed by atoms with Gasteiger partial charge >= 0.3 is 5.97 Å². The van der Waals surface area contributed by atoms with Crippen molar-refractivity contribution in [3.63, 3.8) is 0 Å². The Morgan fingerprint density at radius 3 is 2.71 bits per heavy atom. The molecule has 2 N–H and O–H groups in total. The summed E-state index contributed by atoms with van der Waals surface area (Å²) < 4.78 is 5.31. The minimum absolute atomic E-state index is 0.219. The zero-order chi connectivity index (χ0) is 16.9. The predicted molar refractivity (Wildman–Crippen MR) is 103 cm³/mol. The first-order valence-corrected chi connectivity index (χ1v) is 10.3. The topological polar surface area (TPSA) is 50.4 Å². The van der Waals surface area contributed by atoms with Crippen molar-refractivity contribution in [1.29, 1.82) is 0 Å². The third-order valence-corrected chi connectivity index (χ3v) is 6.25. The highest BCUT2D eigenvalue weighted by molar-refractivity contribution is 7.80. The third kappa shape index (κ3) is 4.09. The van der Waals surface area contributed by atoms with Crippen LogP contribution in [-0.2, 0) is 17.6 Å². The molecule has 0 aliphatic heterocycles. The van der Waals surface area contributed by atoms with Crippen LogP contribution >= 0.6 is 23.6 Å². The molecule has 0 atom stereocenters. The van der Waals surface area contributed by atoms with Crippen LogP contribution in [0.2, 0.25) is 0 Å². The molecule has 0 bridgehead atoms. The lowest BCUT2D eigenvalue weighted by Gasteiger charge is -2.16. The fraction of sp³-hybridized carbons (Fsp3) is 0.667. The molecule has 6 heteroatoms. The lowest BCUT2D eigenvalue weighted by atomic mass is 10.1. The van der Waals surface area contributed by atoms with Crippen LogP contribution in [0, 0.1) is 0 Å². The summed E-state index contributed by atoms with van der Waals surface area (Å²) in [7, 11) is 0. The van der Waals surface area contributed by atoms with Crippen molar-refractivity contribution in [3.05, 3.63) is 16.0 Å². The molecule has 1 heterocycles. The Balaban J connectivity index is 1.80. The molecule has 2 aliphatic carbocycles. The fourth-order valence-electron chi connectivity index (χ4n) is 3.64. The second-order valence-electron chi connectivity index (χ2n) is 6.57. The molecule has 1 fully saturated rings. The Morgan fingerprint density at radius 2 is 1.96 bits per heavy atom. The van der Waals surface area contributed by atoms with Crippen LogP contribution in [0.4, 0.5) is 5.00 Å². The fourth-order valence-corrected chi connectivity index (χ4v) is 5.26. The van der Waals surface area contributed by atoms with Crippen LogP contribution in [0.5, 0.6) is 0 Å². The summed E-state index contributed by atoms with van der Waals surface area (Å²) in [4.78, 5) is 13.8. The number of aryl methyl sites for hydroxylation is 1. The molecule has 0 aromatic carbocycles. The van der Waals surface area contributed by atoms with E-state index in [9.17, 15) is 4.79 Å². The minimum atomic E-state index is -0.219. The largest absolute Gasteiger partial charge is 0.462 e. The molecule has 2 aliphatic rings. The van der Waals surface area contributed by atoms with Crippen molar-refractivity contribution >= 4 is 39.6 Å². The van der Waals surface area contributed by atoms with E-state index in [1.807, 2.05) is 6.92 Å². The van der Waals surface area contributed by atoms with Gasteiger partial charge in [-0.2, -0.15) is 0 Å². The number of rotatable bonds is 4. The summed E-state index contributed by atoms with van der Waals surface area (Å²) in [6.07, 6.45) is 10.5. The maximum absolute atomic E-state index is 12.5. The summed E-state index contributed by atoms with van der Waals surface area (Å²) in [5.74, 6) is -0.219. The predicted octanol–water partition coefficient (Wildman–Crippen LogP) is 4.42. The Kier molecular flexibility index (Phi) is 6.11. The van der Waals surface area contributed by atoms with Crippen molar-refractivity contribution in [1.82, 2.24) is 5.32 Å². The van der Waals surface area contributed by atoms with E-state index < -0.39 is 0 Å². The molecule has 4 nitrogen and oxygen atoms in total. The molecule has 1 aromatic rings. The Labute approximate surface area is 153 Å². The van der Waals surface area contributed by atoms with E-state index in [0.717, 1.165) is 24.3 Å². The second kappa shape index (κ2) is 8.30. The summed E-state index contributed by atoms with van der Waals surface area (Å²) in [5, 5.41) is 8.17. The molecule has 0 unspecified atom stereocenters. The summed E-state index contributed by atoms with van der Waals surface area (Å²) in [5.41, 5.74) is 1.90. The Bertz CT molecular complexity index is 606. The third-order valence-electron chi connectivity index (χ3n) is 4.82. The van der Waals surface area contributed by atoms with Crippen LogP contribution in [0.25, 0.3) is 0 Å². The van der Waals surface area contributed by atoms with Gasteiger partial charge in [-0.25, -0.2) is 4.79 Å². The molecule has 0 radical (unpaired) electrons. The van der Waals surface area contributed by atoms with Crippen molar-refractivity contribution < 1.29 is 9.53 Å². The van der Waals surface area contributed by atoms with Crippen LogP contribution in [0.15, 0.2) is 0 Å². The molecule has 1 aromatic heterocycles. The van der Waals surface area contributed by atoms with E-state index >= 15 is 0 Å².